The van der Waals surface area contributed by atoms with Gasteiger partial charge in [-0.15, -0.1) is 0 Å². The highest BCUT2D eigenvalue weighted by Gasteiger charge is 2.26. The number of benzene rings is 1. The Hall–Kier alpha value is -0.910. The van der Waals surface area contributed by atoms with E-state index in [2.05, 4.69) is 22.6 Å². The van der Waals surface area contributed by atoms with Crippen molar-refractivity contribution in [2.45, 2.75) is 6.42 Å². The van der Waals surface area contributed by atoms with Crippen LogP contribution in [0, 0.1) is 3.57 Å². The third kappa shape index (κ3) is 1.43. The molecule has 0 atom stereocenters. The number of amides is 1. The van der Waals surface area contributed by atoms with E-state index in [9.17, 15) is 9.59 Å². The van der Waals surface area contributed by atoms with Crippen molar-refractivity contribution in [2.75, 3.05) is 11.9 Å². The first-order valence-electron chi connectivity index (χ1n) is 4.19. The highest BCUT2D eigenvalue weighted by atomic mass is 127. The fourth-order valence-corrected chi connectivity index (χ4v) is 2.00. The van der Waals surface area contributed by atoms with Gasteiger partial charge in [0, 0.05) is 16.2 Å². The molecule has 0 unspecified atom stereocenters. The summed E-state index contributed by atoms with van der Waals surface area (Å²) < 4.78 is 1.01. The van der Waals surface area contributed by atoms with E-state index in [1.165, 1.54) is 4.90 Å². The van der Waals surface area contributed by atoms with Crippen molar-refractivity contribution >= 4 is 40.0 Å². The second kappa shape index (κ2) is 3.34. The number of halogens is 1. The highest BCUT2D eigenvalue weighted by molar-refractivity contribution is 14.1. The van der Waals surface area contributed by atoms with E-state index < -0.39 is 0 Å². The van der Waals surface area contributed by atoms with E-state index in [1.54, 1.807) is 7.05 Å². The normalized spacial score (nSPS) is 15.7. The molecule has 0 saturated carbocycles. The van der Waals surface area contributed by atoms with Gasteiger partial charge in [-0.1, -0.05) is 0 Å². The summed E-state index contributed by atoms with van der Waals surface area (Å²) in [5.41, 5.74) is 1.37. The van der Waals surface area contributed by atoms with Crippen LogP contribution in [0.2, 0.25) is 0 Å². The van der Waals surface area contributed by atoms with Gasteiger partial charge in [0.2, 0.25) is 5.91 Å². The lowest BCUT2D eigenvalue weighted by Gasteiger charge is -2.24. The first-order valence-corrected chi connectivity index (χ1v) is 5.27. The molecule has 1 heterocycles. The van der Waals surface area contributed by atoms with Gasteiger partial charge in [0.15, 0.2) is 5.78 Å². The third-order valence-corrected chi connectivity index (χ3v) is 2.98. The molecule has 0 radical (unpaired) electrons. The zero-order valence-electron chi connectivity index (χ0n) is 7.58. The lowest BCUT2D eigenvalue weighted by atomic mass is 10.0. The van der Waals surface area contributed by atoms with Crippen LogP contribution in [0.15, 0.2) is 18.2 Å². The maximum atomic E-state index is 11.5. The van der Waals surface area contributed by atoms with Crippen LogP contribution in [0.1, 0.15) is 16.8 Å². The molecule has 1 aromatic rings. The van der Waals surface area contributed by atoms with Crippen LogP contribution in [0.3, 0.4) is 0 Å². The molecule has 14 heavy (non-hydrogen) atoms. The summed E-state index contributed by atoms with van der Waals surface area (Å²) in [7, 11) is 1.69. The predicted octanol–water partition coefficient (Wildman–Crippen LogP) is 1.84. The molecule has 0 aromatic heterocycles. The molecule has 0 fully saturated rings. The molecule has 1 aliphatic heterocycles. The molecule has 0 aliphatic carbocycles. The van der Waals surface area contributed by atoms with Crippen LogP contribution in [0.4, 0.5) is 5.69 Å². The molecule has 0 N–H and O–H groups in total. The summed E-state index contributed by atoms with van der Waals surface area (Å²) >= 11 is 2.15. The number of Topliss-reactive ketones (excluding diaryl/α,β-unsaturated/α-hetero) is 1. The second-order valence-electron chi connectivity index (χ2n) is 3.21. The molecule has 0 saturated heterocycles. The number of fused-ring (bicyclic) bond motifs is 1. The monoisotopic (exact) mass is 301 g/mol. The Bertz CT molecular complexity index is 428. The summed E-state index contributed by atoms with van der Waals surface area (Å²) in [5.74, 6) is -0.217. The summed E-state index contributed by atoms with van der Waals surface area (Å²) in [6.45, 7) is 0. The molecule has 2 rings (SSSR count). The van der Waals surface area contributed by atoms with E-state index in [1.807, 2.05) is 18.2 Å². The fourth-order valence-electron chi connectivity index (χ4n) is 1.51. The average molecular weight is 301 g/mol. The van der Waals surface area contributed by atoms with Gasteiger partial charge in [-0.25, -0.2) is 0 Å². The van der Waals surface area contributed by atoms with Crippen molar-refractivity contribution in [3.63, 3.8) is 0 Å². The van der Waals surface area contributed by atoms with Crippen molar-refractivity contribution < 1.29 is 9.59 Å². The van der Waals surface area contributed by atoms with Crippen molar-refractivity contribution in [3.8, 4) is 0 Å². The average Bonchev–Trinajstić information content (AvgIpc) is 2.14. The zero-order valence-corrected chi connectivity index (χ0v) is 9.74. The lowest BCUT2D eigenvalue weighted by Crippen LogP contribution is -2.34. The smallest absolute Gasteiger partial charge is 0.234 e. The molecule has 3 nitrogen and oxygen atoms in total. The predicted molar refractivity (Wildman–Crippen MR) is 61.5 cm³/mol. The minimum absolute atomic E-state index is 0.0103. The summed E-state index contributed by atoms with van der Waals surface area (Å²) in [6.07, 6.45) is -0.0103. The maximum Gasteiger partial charge on any atom is 0.234 e. The Kier molecular flexibility index (Phi) is 2.30. The Morgan fingerprint density at radius 1 is 1.36 bits per heavy atom. The van der Waals surface area contributed by atoms with Gasteiger partial charge < -0.3 is 4.90 Å². The van der Waals surface area contributed by atoms with Crippen LogP contribution in [0.25, 0.3) is 0 Å². The van der Waals surface area contributed by atoms with Crippen molar-refractivity contribution in [1.82, 2.24) is 0 Å². The van der Waals surface area contributed by atoms with Crippen molar-refractivity contribution in [3.05, 3.63) is 27.3 Å². The quantitative estimate of drug-likeness (QED) is 0.542. The Morgan fingerprint density at radius 3 is 2.79 bits per heavy atom. The third-order valence-electron chi connectivity index (χ3n) is 2.31. The van der Waals surface area contributed by atoms with Crippen LogP contribution in [-0.4, -0.2) is 18.7 Å². The highest BCUT2D eigenvalue weighted by Crippen LogP contribution is 2.27. The summed E-state index contributed by atoms with van der Waals surface area (Å²) in [5, 5.41) is 0. The first-order chi connectivity index (χ1) is 6.59. The number of carbonyl (C=O) groups is 2. The van der Waals surface area contributed by atoms with Gasteiger partial charge in [-0.05, 0) is 40.8 Å². The fraction of sp³-hybridized carbons (Fsp3) is 0.200. The second-order valence-corrected chi connectivity index (χ2v) is 4.46. The van der Waals surface area contributed by atoms with Crippen LogP contribution in [-0.2, 0) is 4.79 Å². The number of rotatable bonds is 0. The zero-order chi connectivity index (χ0) is 10.3. The minimum Gasteiger partial charge on any atom is -0.314 e. The Morgan fingerprint density at radius 2 is 2.07 bits per heavy atom. The molecule has 1 aromatic carbocycles. The lowest BCUT2D eigenvalue weighted by molar-refractivity contribution is -0.117. The SMILES string of the molecule is CN1C(=O)CC(=O)c2cc(I)ccc21. The molecule has 1 aliphatic rings. The number of hydrogen-bond donors (Lipinski definition) is 0. The van der Waals surface area contributed by atoms with E-state index in [0.717, 1.165) is 3.57 Å². The number of carbonyl (C=O) groups excluding carboxylic acids is 2. The Balaban J connectivity index is 2.61. The molecule has 1 amide bonds. The molecule has 0 spiro atoms. The van der Waals surface area contributed by atoms with Crippen LogP contribution >= 0.6 is 22.6 Å². The first kappa shape index (κ1) is 9.64. The maximum absolute atomic E-state index is 11.5. The van der Waals surface area contributed by atoms with E-state index in [0.29, 0.717) is 11.3 Å². The van der Waals surface area contributed by atoms with Crippen LogP contribution < -0.4 is 4.90 Å². The van der Waals surface area contributed by atoms with E-state index in [-0.39, 0.29) is 18.1 Å². The molecule has 4 heteroatoms. The molecule has 72 valence electrons. The number of hydrogen-bond acceptors (Lipinski definition) is 2. The van der Waals surface area contributed by atoms with Gasteiger partial charge >= 0.3 is 0 Å². The summed E-state index contributed by atoms with van der Waals surface area (Å²) in [6, 6.07) is 5.52. The number of anilines is 1. The van der Waals surface area contributed by atoms with Gasteiger partial charge in [0.05, 0.1) is 12.1 Å². The molecule has 0 bridgehead atoms. The standard InChI is InChI=1S/C10H8INO2/c1-12-8-3-2-6(11)4-7(8)9(13)5-10(12)14/h2-4H,5H2,1H3. The van der Waals surface area contributed by atoms with Gasteiger partial charge in [-0.2, -0.15) is 0 Å². The number of nitrogens with zero attached hydrogens (tertiary/aromatic N) is 1. The van der Waals surface area contributed by atoms with Crippen molar-refractivity contribution in [2.24, 2.45) is 0 Å². The van der Waals surface area contributed by atoms with Crippen molar-refractivity contribution in [1.29, 1.82) is 0 Å². The van der Waals surface area contributed by atoms with Gasteiger partial charge in [0.1, 0.15) is 0 Å². The van der Waals surface area contributed by atoms with E-state index >= 15 is 0 Å². The summed E-state index contributed by atoms with van der Waals surface area (Å²) in [4.78, 5) is 24.4. The van der Waals surface area contributed by atoms with E-state index in [4.69, 9.17) is 0 Å². The topological polar surface area (TPSA) is 37.4 Å². The van der Waals surface area contributed by atoms with Gasteiger partial charge in [0.25, 0.3) is 0 Å². The van der Waals surface area contributed by atoms with Crippen LogP contribution in [0.5, 0.6) is 0 Å². The largest absolute Gasteiger partial charge is 0.314 e. The molecular formula is C10H8INO2. The molecular weight excluding hydrogens is 293 g/mol. The number of ketones is 1. The Labute approximate surface area is 95.2 Å². The minimum atomic E-state index is -0.135. The van der Waals surface area contributed by atoms with Gasteiger partial charge in [-0.3, -0.25) is 9.59 Å².